The number of nitrogens with zero attached hydrogens (tertiary/aromatic N) is 1. The van der Waals surface area contributed by atoms with E-state index in [1.54, 1.807) is 24.5 Å². The van der Waals surface area contributed by atoms with E-state index >= 15 is 0 Å². The molecule has 23 heavy (non-hydrogen) atoms. The van der Waals surface area contributed by atoms with Crippen LogP contribution >= 0.6 is 11.3 Å². The number of ether oxygens (including phenoxy) is 1. The minimum absolute atomic E-state index is 0.183. The van der Waals surface area contributed by atoms with Crippen molar-refractivity contribution in [3.05, 3.63) is 46.7 Å². The highest BCUT2D eigenvalue weighted by Gasteiger charge is 2.34. The summed E-state index contributed by atoms with van der Waals surface area (Å²) in [6, 6.07) is 10.3. The lowest BCUT2D eigenvalue weighted by atomic mass is 10.2. The number of thiophene rings is 1. The summed E-state index contributed by atoms with van der Waals surface area (Å²) in [6.07, 6.45) is 0. The predicted molar refractivity (Wildman–Crippen MR) is 88.8 cm³/mol. The quantitative estimate of drug-likeness (QED) is 0.880. The van der Waals surface area contributed by atoms with Gasteiger partial charge in [0.1, 0.15) is 11.8 Å². The molecule has 0 aliphatic carbocycles. The molecule has 1 saturated heterocycles. The first kappa shape index (κ1) is 15.4. The third kappa shape index (κ3) is 3.45. The second-order valence-electron chi connectivity index (χ2n) is 5.11. The van der Waals surface area contributed by atoms with Crippen molar-refractivity contribution in [2.45, 2.75) is 12.6 Å². The van der Waals surface area contributed by atoms with E-state index in [0.717, 1.165) is 4.88 Å². The number of anilines is 1. The third-order valence-corrected chi connectivity index (χ3v) is 4.48. The lowest BCUT2D eigenvalue weighted by molar-refractivity contribution is -0.122. The summed E-state index contributed by atoms with van der Waals surface area (Å²) in [6.45, 7) is 0.768. The average Bonchev–Trinajstić information content (AvgIpc) is 3.22. The number of benzene rings is 1. The maximum atomic E-state index is 12.2. The molecule has 1 aromatic heterocycles. The Morgan fingerprint density at radius 3 is 3.04 bits per heavy atom. The second kappa shape index (κ2) is 6.70. The fraction of sp³-hybridized carbons (Fsp3) is 0.250. The molecule has 1 unspecified atom stereocenters. The maximum absolute atomic E-state index is 12.2. The van der Waals surface area contributed by atoms with Crippen molar-refractivity contribution < 1.29 is 14.3 Å². The molecule has 1 aromatic carbocycles. The molecule has 2 aromatic rings. The van der Waals surface area contributed by atoms with Crippen LogP contribution in [0.25, 0.3) is 0 Å². The van der Waals surface area contributed by atoms with Crippen LogP contribution in [0, 0.1) is 0 Å². The Labute approximate surface area is 138 Å². The number of hydrogen-bond donors (Lipinski definition) is 2. The highest BCUT2D eigenvalue weighted by molar-refractivity contribution is 7.09. The third-order valence-electron chi connectivity index (χ3n) is 3.61. The molecule has 1 aliphatic heterocycles. The van der Waals surface area contributed by atoms with E-state index in [1.807, 2.05) is 35.7 Å². The van der Waals surface area contributed by atoms with Crippen LogP contribution in [-0.2, 0) is 11.3 Å². The van der Waals surface area contributed by atoms with Gasteiger partial charge in [-0.05, 0) is 23.6 Å². The van der Waals surface area contributed by atoms with Crippen LogP contribution in [-0.4, -0.2) is 31.6 Å². The standard InChI is InChI=1S/C16H17N3O3S/c1-22-12-5-2-4-11(8-12)19-10-14(18-16(19)21)15(20)17-9-13-6-3-7-23-13/h2-8,14H,9-10H2,1H3,(H,17,20)(H,18,21). The summed E-state index contributed by atoms with van der Waals surface area (Å²) in [5, 5.41) is 7.52. The average molecular weight is 331 g/mol. The molecule has 0 saturated carbocycles. The van der Waals surface area contributed by atoms with Crippen molar-refractivity contribution in [2.75, 3.05) is 18.6 Å². The van der Waals surface area contributed by atoms with Gasteiger partial charge in [-0.1, -0.05) is 12.1 Å². The Morgan fingerprint density at radius 2 is 2.30 bits per heavy atom. The molecule has 0 radical (unpaired) electrons. The number of amides is 3. The Kier molecular flexibility index (Phi) is 4.47. The molecule has 1 aliphatic rings. The zero-order valence-corrected chi connectivity index (χ0v) is 13.4. The van der Waals surface area contributed by atoms with Crippen molar-refractivity contribution >= 4 is 29.0 Å². The van der Waals surface area contributed by atoms with Crippen LogP contribution in [0.2, 0.25) is 0 Å². The number of rotatable bonds is 5. The molecule has 120 valence electrons. The van der Waals surface area contributed by atoms with Gasteiger partial charge in [0.25, 0.3) is 0 Å². The number of nitrogens with one attached hydrogen (secondary N) is 2. The highest BCUT2D eigenvalue weighted by atomic mass is 32.1. The second-order valence-corrected chi connectivity index (χ2v) is 6.14. The molecule has 3 rings (SSSR count). The fourth-order valence-electron chi connectivity index (χ4n) is 2.40. The van der Waals surface area contributed by atoms with Crippen molar-refractivity contribution in [3.63, 3.8) is 0 Å². The van der Waals surface area contributed by atoms with Gasteiger partial charge < -0.3 is 15.4 Å². The Bertz CT molecular complexity index is 702. The topological polar surface area (TPSA) is 70.7 Å². The molecule has 7 heteroatoms. The number of urea groups is 1. The molecule has 6 nitrogen and oxygen atoms in total. The molecule has 1 fully saturated rings. The summed E-state index contributed by atoms with van der Waals surface area (Å²) in [5.74, 6) is 0.484. The van der Waals surface area contributed by atoms with Crippen LogP contribution < -0.4 is 20.3 Å². The van der Waals surface area contributed by atoms with E-state index in [0.29, 0.717) is 24.5 Å². The monoisotopic (exact) mass is 331 g/mol. The maximum Gasteiger partial charge on any atom is 0.322 e. The number of methoxy groups -OCH3 is 1. The minimum atomic E-state index is -0.561. The van der Waals surface area contributed by atoms with Gasteiger partial charge in [-0.3, -0.25) is 9.69 Å². The van der Waals surface area contributed by atoms with Crippen LogP contribution in [0.5, 0.6) is 5.75 Å². The van der Waals surface area contributed by atoms with Gasteiger partial charge in [-0.15, -0.1) is 11.3 Å². The van der Waals surface area contributed by atoms with E-state index in [4.69, 9.17) is 4.74 Å². The first-order valence-electron chi connectivity index (χ1n) is 7.19. The van der Waals surface area contributed by atoms with E-state index in [1.165, 1.54) is 4.90 Å². The molecular formula is C16H17N3O3S. The van der Waals surface area contributed by atoms with Crippen molar-refractivity contribution in [2.24, 2.45) is 0 Å². The minimum Gasteiger partial charge on any atom is -0.497 e. The molecule has 0 spiro atoms. The largest absolute Gasteiger partial charge is 0.497 e. The van der Waals surface area contributed by atoms with E-state index in [-0.39, 0.29) is 11.9 Å². The smallest absolute Gasteiger partial charge is 0.322 e. The van der Waals surface area contributed by atoms with Gasteiger partial charge in [-0.2, -0.15) is 0 Å². The summed E-state index contributed by atoms with van der Waals surface area (Å²) in [4.78, 5) is 26.9. The SMILES string of the molecule is COc1cccc(N2CC(C(=O)NCc3cccs3)NC2=O)c1. The molecule has 1 atom stereocenters. The van der Waals surface area contributed by atoms with E-state index in [2.05, 4.69) is 10.6 Å². The van der Waals surface area contributed by atoms with Crippen LogP contribution in [0.4, 0.5) is 10.5 Å². The number of carbonyl (C=O) groups excluding carboxylic acids is 2. The Balaban J connectivity index is 1.63. The molecule has 0 bridgehead atoms. The van der Waals surface area contributed by atoms with Crippen LogP contribution in [0.15, 0.2) is 41.8 Å². The van der Waals surface area contributed by atoms with Crippen LogP contribution in [0.1, 0.15) is 4.88 Å². The zero-order valence-electron chi connectivity index (χ0n) is 12.6. The lowest BCUT2D eigenvalue weighted by Gasteiger charge is -2.15. The Morgan fingerprint density at radius 1 is 1.43 bits per heavy atom. The number of hydrogen-bond acceptors (Lipinski definition) is 4. The first-order chi connectivity index (χ1) is 11.2. The fourth-order valence-corrected chi connectivity index (χ4v) is 3.04. The summed E-state index contributed by atoms with van der Waals surface area (Å²) in [7, 11) is 1.57. The molecule has 3 amide bonds. The highest BCUT2D eigenvalue weighted by Crippen LogP contribution is 2.23. The summed E-state index contributed by atoms with van der Waals surface area (Å²) >= 11 is 1.58. The van der Waals surface area contributed by atoms with Gasteiger partial charge in [0, 0.05) is 16.6 Å². The van der Waals surface area contributed by atoms with Crippen LogP contribution in [0.3, 0.4) is 0 Å². The predicted octanol–water partition coefficient (Wildman–Crippen LogP) is 1.97. The summed E-state index contributed by atoms with van der Waals surface area (Å²) < 4.78 is 5.17. The van der Waals surface area contributed by atoms with Crippen molar-refractivity contribution in [1.29, 1.82) is 0 Å². The van der Waals surface area contributed by atoms with E-state index in [9.17, 15) is 9.59 Å². The van der Waals surface area contributed by atoms with Gasteiger partial charge in [0.15, 0.2) is 0 Å². The molecular weight excluding hydrogens is 314 g/mol. The summed E-state index contributed by atoms with van der Waals surface area (Å²) in [5.41, 5.74) is 0.704. The Hall–Kier alpha value is -2.54. The number of carbonyl (C=O) groups is 2. The lowest BCUT2D eigenvalue weighted by Crippen LogP contribution is -2.42. The van der Waals surface area contributed by atoms with Gasteiger partial charge in [-0.25, -0.2) is 4.79 Å². The van der Waals surface area contributed by atoms with E-state index < -0.39 is 6.04 Å². The van der Waals surface area contributed by atoms with Gasteiger partial charge in [0.2, 0.25) is 5.91 Å². The normalized spacial score (nSPS) is 17.0. The van der Waals surface area contributed by atoms with Crippen molar-refractivity contribution in [3.8, 4) is 5.75 Å². The molecule has 2 heterocycles. The first-order valence-corrected chi connectivity index (χ1v) is 8.07. The molecule has 2 N–H and O–H groups in total. The van der Waals surface area contributed by atoms with Gasteiger partial charge >= 0.3 is 6.03 Å². The van der Waals surface area contributed by atoms with Gasteiger partial charge in [0.05, 0.1) is 20.2 Å². The van der Waals surface area contributed by atoms with Crippen molar-refractivity contribution in [1.82, 2.24) is 10.6 Å². The zero-order chi connectivity index (χ0) is 16.2.